The first-order valence-corrected chi connectivity index (χ1v) is 9.85. The molecular weight excluding hydrogens is 469 g/mol. The van der Waals surface area contributed by atoms with E-state index in [2.05, 4.69) is 32.5 Å². The molecule has 1 N–H and O–H groups in total. The van der Waals surface area contributed by atoms with Gasteiger partial charge in [0.1, 0.15) is 6.10 Å². The topological polar surface area (TPSA) is 75.8 Å². The maximum Gasteiger partial charge on any atom is 0.255 e. The second kappa shape index (κ2) is 10.2. The molecule has 8 heteroatoms. The number of aromatic nitrogens is 2. The van der Waals surface area contributed by atoms with E-state index in [0.717, 1.165) is 37.6 Å². The Balaban J connectivity index is 0.00000225. The van der Waals surface area contributed by atoms with Crippen LogP contribution in [0.4, 0.5) is 5.69 Å². The Bertz CT molecular complexity index is 761. The highest BCUT2D eigenvalue weighted by Gasteiger charge is 2.30. The maximum atomic E-state index is 6.10. The SMILES string of the molecule is Cc1noc([C@@H]2CC[C@H](CN=C(Nc3ccccc3)N3CCCCC3)O2)n1.I. The van der Waals surface area contributed by atoms with Crippen LogP contribution in [0.2, 0.25) is 0 Å². The van der Waals surface area contributed by atoms with E-state index in [9.17, 15) is 0 Å². The fourth-order valence-corrected chi connectivity index (χ4v) is 3.63. The number of ether oxygens (including phenoxy) is 1. The van der Waals surface area contributed by atoms with Gasteiger partial charge in [-0.1, -0.05) is 23.4 Å². The minimum absolute atomic E-state index is 0. The van der Waals surface area contributed by atoms with E-state index in [4.69, 9.17) is 14.3 Å². The molecule has 0 amide bonds. The summed E-state index contributed by atoms with van der Waals surface area (Å²) in [5, 5.41) is 7.36. The molecule has 1 aromatic heterocycles. The van der Waals surface area contributed by atoms with Crippen molar-refractivity contribution >= 4 is 35.6 Å². The van der Waals surface area contributed by atoms with Gasteiger partial charge in [-0.25, -0.2) is 0 Å². The molecule has 28 heavy (non-hydrogen) atoms. The Morgan fingerprint density at radius 1 is 1.18 bits per heavy atom. The van der Waals surface area contributed by atoms with Crippen molar-refractivity contribution < 1.29 is 9.26 Å². The fourth-order valence-electron chi connectivity index (χ4n) is 3.63. The molecule has 3 heterocycles. The highest BCUT2D eigenvalue weighted by Crippen LogP contribution is 2.31. The van der Waals surface area contributed by atoms with Gasteiger partial charge in [0.05, 0.1) is 12.6 Å². The minimum atomic E-state index is -0.105. The molecule has 0 saturated carbocycles. The zero-order valence-electron chi connectivity index (χ0n) is 16.2. The van der Waals surface area contributed by atoms with Crippen molar-refractivity contribution in [3.8, 4) is 0 Å². The molecule has 4 rings (SSSR count). The standard InChI is InChI=1S/C20H27N5O2.HI/c1-15-22-19(27-24-15)18-11-10-17(26-18)14-21-20(25-12-6-3-7-13-25)23-16-8-4-2-5-9-16;/h2,4-5,8-9,17-18H,3,6-7,10-14H2,1H3,(H,21,23);1H/t17-,18+;/m1./s1. The maximum absolute atomic E-state index is 6.10. The van der Waals surface area contributed by atoms with E-state index in [1.54, 1.807) is 0 Å². The largest absolute Gasteiger partial charge is 0.363 e. The Kier molecular flexibility index (Phi) is 7.66. The third-order valence-corrected chi connectivity index (χ3v) is 5.06. The predicted molar refractivity (Wildman–Crippen MR) is 119 cm³/mol. The van der Waals surface area contributed by atoms with Crippen molar-refractivity contribution in [3.05, 3.63) is 42.0 Å². The summed E-state index contributed by atoms with van der Waals surface area (Å²) in [5.41, 5.74) is 1.06. The average Bonchev–Trinajstić information content (AvgIpc) is 3.35. The molecule has 2 atom stereocenters. The van der Waals surface area contributed by atoms with Gasteiger partial charge in [-0.2, -0.15) is 4.98 Å². The molecule has 2 saturated heterocycles. The second-order valence-corrected chi connectivity index (χ2v) is 7.21. The van der Waals surface area contributed by atoms with Crippen LogP contribution in [0.3, 0.4) is 0 Å². The van der Waals surface area contributed by atoms with Gasteiger partial charge in [-0.3, -0.25) is 4.99 Å². The smallest absolute Gasteiger partial charge is 0.255 e. The van der Waals surface area contributed by atoms with E-state index in [-0.39, 0.29) is 36.2 Å². The lowest BCUT2D eigenvalue weighted by Crippen LogP contribution is -2.40. The number of para-hydroxylation sites is 1. The summed E-state index contributed by atoms with van der Waals surface area (Å²) in [6.07, 6.45) is 5.56. The molecule has 0 unspecified atom stereocenters. The molecule has 2 fully saturated rings. The van der Waals surface area contributed by atoms with E-state index in [1.807, 2.05) is 25.1 Å². The van der Waals surface area contributed by atoms with Gasteiger partial charge in [-0.15, -0.1) is 24.0 Å². The number of guanidine groups is 1. The number of piperidine rings is 1. The quantitative estimate of drug-likeness (QED) is 0.388. The summed E-state index contributed by atoms with van der Waals surface area (Å²) < 4.78 is 11.4. The molecule has 2 aromatic rings. The fraction of sp³-hybridized carbons (Fsp3) is 0.550. The monoisotopic (exact) mass is 497 g/mol. The van der Waals surface area contributed by atoms with Crippen LogP contribution in [0, 0.1) is 6.92 Å². The van der Waals surface area contributed by atoms with E-state index in [0.29, 0.717) is 18.3 Å². The Morgan fingerprint density at radius 2 is 1.96 bits per heavy atom. The number of nitrogens with one attached hydrogen (secondary N) is 1. The highest BCUT2D eigenvalue weighted by atomic mass is 127. The summed E-state index contributed by atoms with van der Waals surface area (Å²) in [7, 11) is 0. The Labute approximate surface area is 183 Å². The Hall–Kier alpha value is -1.68. The molecular formula is C20H28IN5O2. The number of nitrogens with zero attached hydrogens (tertiary/aromatic N) is 4. The Morgan fingerprint density at radius 3 is 2.68 bits per heavy atom. The average molecular weight is 497 g/mol. The molecule has 0 bridgehead atoms. The summed E-state index contributed by atoms with van der Waals surface area (Å²) in [6, 6.07) is 10.2. The molecule has 152 valence electrons. The lowest BCUT2D eigenvalue weighted by molar-refractivity contribution is 0.0308. The molecule has 2 aliphatic heterocycles. The number of hydrogen-bond donors (Lipinski definition) is 1. The first-order valence-electron chi connectivity index (χ1n) is 9.85. The molecule has 2 aliphatic rings. The molecule has 0 aliphatic carbocycles. The van der Waals surface area contributed by atoms with Crippen molar-refractivity contribution in [1.29, 1.82) is 0 Å². The lowest BCUT2D eigenvalue weighted by atomic mass is 10.1. The summed E-state index contributed by atoms with van der Waals surface area (Å²) in [6.45, 7) is 4.56. The van der Waals surface area contributed by atoms with Gasteiger partial charge in [0, 0.05) is 18.8 Å². The number of likely N-dealkylation sites (tertiary alicyclic amines) is 1. The van der Waals surface area contributed by atoms with Gasteiger partial charge < -0.3 is 19.5 Å². The van der Waals surface area contributed by atoms with Gasteiger partial charge in [0.15, 0.2) is 11.8 Å². The van der Waals surface area contributed by atoms with Gasteiger partial charge in [0.2, 0.25) is 0 Å². The van der Waals surface area contributed by atoms with Crippen LogP contribution in [0.5, 0.6) is 0 Å². The summed E-state index contributed by atoms with van der Waals surface area (Å²) >= 11 is 0. The zero-order valence-corrected chi connectivity index (χ0v) is 18.5. The third kappa shape index (κ3) is 5.44. The molecule has 1 aromatic carbocycles. The number of halogens is 1. The number of hydrogen-bond acceptors (Lipinski definition) is 5. The van der Waals surface area contributed by atoms with Crippen molar-refractivity contribution in [2.45, 2.75) is 51.2 Å². The van der Waals surface area contributed by atoms with Crippen LogP contribution in [-0.2, 0) is 4.74 Å². The van der Waals surface area contributed by atoms with E-state index >= 15 is 0 Å². The molecule has 0 radical (unpaired) electrons. The second-order valence-electron chi connectivity index (χ2n) is 7.21. The molecule has 0 spiro atoms. The number of rotatable bonds is 4. The van der Waals surface area contributed by atoms with Crippen LogP contribution in [-0.4, -0.2) is 46.7 Å². The normalized spacial score (nSPS) is 22.8. The first kappa shape index (κ1) is 21.0. The van der Waals surface area contributed by atoms with Gasteiger partial charge in [0.25, 0.3) is 5.89 Å². The van der Waals surface area contributed by atoms with E-state index < -0.39 is 0 Å². The van der Waals surface area contributed by atoms with Crippen LogP contribution >= 0.6 is 24.0 Å². The predicted octanol–water partition coefficient (Wildman–Crippen LogP) is 4.17. The number of aryl methyl sites for hydroxylation is 1. The summed E-state index contributed by atoms with van der Waals surface area (Å²) in [5.74, 6) is 2.17. The van der Waals surface area contributed by atoms with Crippen molar-refractivity contribution in [1.82, 2.24) is 15.0 Å². The number of aliphatic imine (C=N–C) groups is 1. The number of anilines is 1. The van der Waals surface area contributed by atoms with Crippen molar-refractivity contribution in [2.75, 3.05) is 25.0 Å². The highest BCUT2D eigenvalue weighted by molar-refractivity contribution is 14.0. The lowest BCUT2D eigenvalue weighted by Gasteiger charge is -2.30. The van der Waals surface area contributed by atoms with Crippen LogP contribution in [0.1, 0.15) is 49.9 Å². The first-order chi connectivity index (χ1) is 13.3. The summed E-state index contributed by atoms with van der Waals surface area (Å²) in [4.78, 5) is 11.5. The molecule has 7 nitrogen and oxygen atoms in total. The zero-order chi connectivity index (χ0) is 18.5. The third-order valence-electron chi connectivity index (χ3n) is 5.06. The van der Waals surface area contributed by atoms with Crippen LogP contribution in [0.25, 0.3) is 0 Å². The van der Waals surface area contributed by atoms with Gasteiger partial charge >= 0.3 is 0 Å². The van der Waals surface area contributed by atoms with E-state index in [1.165, 1.54) is 19.3 Å². The van der Waals surface area contributed by atoms with Gasteiger partial charge in [-0.05, 0) is 51.2 Å². The number of benzene rings is 1. The minimum Gasteiger partial charge on any atom is -0.363 e. The van der Waals surface area contributed by atoms with Crippen molar-refractivity contribution in [3.63, 3.8) is 0 Å². The van der Waals surface area contributed by atoms with Crippen LogP contribution in [0.15, 0.2) is 39.8 Å². The van der Waals surface area contributed by atoms with Crippen molar-refractivity contribution in [2.24, 2.45) is 4.99 Å². The van der Waals surface area contributed by atoms with Crippen LogP contribution < -0.4 is 5.32 Å².